The Morgan fingerprint density at radius 1 is 1.03 bits per heavy atom. The van der Waals surface area contributed by atoms with E-state index in [1.807, 2.05) is 36.4 Å². The number of amides is 1. The number of halogens is 1. The van der Waals surface area contributed by atoms with Crippen molar-refractivity contribution in [3.63, 3.8) is 0 Å². The molecule has 0 saturated heterocycles. The SMILES string of the molecule is O=C1CCc2cc(C(=O)CSc3nnc(COc4ccccc4F)n3-c3ccccc3)ccc2N1. The van der Waals surface area contributed by atoms with Crippen LogP contribution in [0.5, 0.6) is 5.75 Å². The van der Waals surface area contributed by atoms with Crippen molar-refractivity contribution in [3.8, 4) is 11.4 Å². The van der Waals surface area contributed by atoms with E-state index in [2.05, 4.69) is 15.5 Å². The quantitative estimate of drug-likeness (QED) is 0.282. The van der Waals surface area contributed by atoms with Gasteiger partial charge in [-0.1, -0.05) is 42.1 Å². The molecule has 0 bridgehead atoms. The minimum Gasteiger partial charge on any atom is -0.483 e. The molecule has 7 nitrogen and oxygen atoms in total. The van der Waals surface area contributed by atoms with Gasteiger partial charge in [0.2, 0.25) is 5.91 Å². The van der Waals surface area contributed by atoms with Crippen LogP contribution in [-0.2, 0) is 17.8 Å². The number of carbonyl (C=O) groups excluding carboxylic acids is 2. The number of ketones is 1. The van der Waals surface area contributed by atoms with Gasteiger partial charge in [0.1, 0.15) is 6.61 Å². The van der Waals surface area contributed by atoms with Crippen molar-refractivity contribution >= 4 is 29.1 Å². The Labute approximate surface area is 205 Å². The lowest BCUT2D eigenvalue weighted by Gasteiger charge is -2.17. The molecule has 1 N–H and O–H groups in total. The van der Waals surface area contributed by atoms with Gasteiger partial charge >= 0.3 is 0 Å². The normalized spacial score (nSPS) is 12.7. The molecule has 1 aliphatic rings. The minimum absolute atomic E-state index is 0.00781. The van der Waals surface area contributed by atoms with Gasteiger partial charge in [-0.3, -0.25) is 14.2 Å². The van der Waals surface area contributed by atoms with Crippen LogP contribution in [0.3, 0.4) is 0 Å². The van der Waals surface area contributed by atoms with Gasteiger partial charge in [-0.15, -0.1) is 10.2 Å². The highest BCUT2D eigenvalue weighted by Gasteiger charge is 2.19. The molecule has 0 unspecified atom stereocenters. The third-order valence-electron chi connectivity index (χ3n) is 5.56. The van der Waals surface area contributed by atoms with Crippen LogP contribution in [0.2, 0.25) is 0 Å². The second-order valence-corrected chi connectivity index (χ2v) is 8.86. The molecule has 0 spiro atoms. The number of thioether (sulfide) groups is 1. The molecule has 0 atom stereocenters. The summed E-state index contributed by atoms with van der Waals surface area (Å²) in [6.45, 7) is 0.00781. The van der Waals surface area contributed by atoms with Crippen LogP contribution in [0.25, 0.3) is 5.69 Å². The number of nitrogens with zero attached hydrogens (tertiary/aromatic N) is 3. The van der Waals surface area contributed by atoms with E-state index >= 15 is 0 Å². The summed E-state index contributed by atoms with van der Waals surface area (Å²) in [6.07, 6.45) is 1.03. The number of nitrogens with one attached hydrogen (secondary N) is 1. The number of aromatic nitrogens is 3. The highest BCUT2D eigenvalue weighted by Crippen LogP contribution is 2.27. The van der Waals surface area contributed by atoms with Crippen LogP contribution in [0.4, 0.5) is 10.1 Å². The Balaban J connectivity index is 1.34. The van der Waals surface area contributed by atoms with E-state index in [0.29, 0.717) is 29.4 Å². The number of hydrogen-bond acceptors (Lipinski definition) is 6. The van der Waals surface area contributed by atoms with E-state index in [0.717, 1.165) is 16.9 Å². The van der Waals surface area contributed by atoms with Crippen molar-refractivity contribution in [1.29, 1.82) is 0 Å². The average molecular weight is 489 g/mol. The molecule has 3 aromatic carbocycles. The number of hydrogen-bond donors (Lipinski definition) is 1. The summed E-state index contributed by atoms with van der Waals surface area (Å²) in [7, 11) is 0. The number of para-hydroxylation sites is 2. The van der Waals surface area contributed by atoms with Crippen LogP contribution in [-0.4, -0.2) is 32.2 Å². The fraction of sp³-hybridized carbons (Fsp3) is 0.154. The lowest BCUT2D eigenvalue weighted by atomic mass is 9.99. The molecule has 0 saturated carbocycles. The van der Waals surface area contributed by atoms with Crippen molar-refractivity contribution in [2.75, 3.05) is 11.1 Å². The van der Waals surface area contributed by atoms with Crippen molar-refractivity contribution in [3.05, 3.63) is 95.6 Å². The number of benzene rings is 3. The average Bonchev–Trinajstić information content (AvgIpc) is 3.29. The standard InChI is InChI=1S/C26H21FN4O3S/c27-20-8-4-5-9-23(20)34-15-24-29-30-26(31(24)19-6-2-1-3-7-19)35-16-22(32)18-10-12-21-17(14-18)11-13-25(33)28-21/h1-10,12,14H,11,13,15-16H2,(H,28,33). The van der Waals surface area contributed by atoms with Gasteiger partial charge in [0.25, 0.3) is 0 Å². The Hall–Kier alpha value is -3.98. The van der Waals surface area contributed by atoms with Gasteiger partial charge < -0.3 is 10.1 Å². The molecule has 9 heteroatoms. The second kappa shape index (κ2) is 10.1. The van der Waals surface area contributed by atoms with Crippen LogP contribution in [0.15, 0.2) is 78.0 Å². The Kier molecular flexibility index (Phi) is 6.58. The summed E-state index contributed by atoms with van der Waals surface area (Å²) in [4.78, 5) is 24.5. The Morgan fingerprint density at radius 3 is 2.66 bits per heavy atom. The van der Waals surface area contributed by atoms with E-state index in [-0.39, 0.29) is 29.8 Å². The maximum atomic E-state index is 14.0. The van der Waals surface area contributed by atoms with E-state index in [4.69, 9.17) is 4.74 Å². The molecule has 1 aromatic heterocycles. The van der Waals surface area contributed by atoms with Crippen LogP contribution in [0, 0.1) is 5.82 Å². The number of fused-ring (bicyclic) bond motifs is 1. The minimum atomic E-state index is -0.455. The van der Waals surface area contributed by atoms with Gasteiger partial charge in [0.15, 0.2) is 28.3 Å². The highest BCUT2D eigenvalue weighted by atomic mass is 32.2. The molecule has 1 aliphatic heterocycles. The number of ether oxygens (including phenoxy) is 1. The smallest absolute Gasteiger partial charge is 0.224 e. The third kappa shape index (κ3) is 5.09. The van der Waals surface area contributed by atoms with Gasteiger partial charge in [-0.2, -0.15) is 0 Å². The molecule has 35 heavy (non-hydrogen) atoms. The van der Waals surface area contributed by atoms with E-state index in [1.54, 1.807) is 34.9 Å². The Morgan fingerprint density at radius 2 is 1.83 bits per heavy atom. The van der Waals surface area contributed by atoms with E-state index < -0.39 is 5.82 Å². The van der Waals surface area contributed by atoms with Crippen molar-refractivity contribution in [2.24, 2.45) is 0 Å². The Bertz CT molecular complexity index is 1390. The highest BCUT2D eigenvalue weighted by molar-refractivity contribution is 7.99. The summed E-state index contributed by atoms with van der Waals surface area (Å²) >= 11 is 1.27. The summed E-state index contributed by atoms with van der Waals surface area (Å²) in [5.41, 5.74) is 3.11. The summed E-state index contributed by atoms with van der Waals surface area (Å²) in [5, 5.41) is 11.9. The maximum absolute atomic E-state index is 14.0. The zero-order valence-electron chi connectivity index (χ0n) is 18.6. The van der Waals surface area contributed by atoms with Gasteiger partial charge in [-0.05, 0) is 54.4 Å². The molecular formula is C26H21FN4O3S. The predicted molar refractivity (Wildman–Crippen MR) is 131 cm³/mol. The first-order valence-corrected chi connectivity index (χ1v) is 12.0. The monoisotopic (exact) mass is 488 g/mol. The molecule has 4 aromatic rings. The lowest BCUT2D eigenvalue weighted by Crippen LogP contribution is -2.19. The number of aryl methyl sites for hydroxylation is 1. The zero-order chi connectivity index (χ0) is 24.2. The fourth-order valence-electron chi connectivity index (χ4n) is 3.80. The van der Waals surface area contributed by atoms with Crippen LogP contribution in [0.1, 0.15) is 28.2 Å². The number of Topliss-reactive ketones (excluding diaryl/α,β-unsaturated/α-hetero) is 1. The van der Waals surface area contributed by atoms with E-state index in [9.17, 15) is 14.0 Å². The second-order valence-electron chi connectivity index (χ2n) is 7.92. The largest absolute Gasteiger partial charge is 0.483 e. The molecule has 5 rings (SSSR count). The molecule has 2 heterocycles. The summed E-state index contributed by atoms with van der Waals surface area (Å²) in [6, 6.07) is 21.0. The molecule has 0 radical (unpaired) electrons. The number of anilines is 1. The molecule has 176 valence electrons. The summed E-state index contributed by atoms with van der Waals surface area (Å²) < 4.78 is 21.4. The van der Waals surface area contributed by atoms with Crippen molar-refractivity contribution < 1.29 is 18.7 Å². The van der Waals surface area contributed by atoms with Crippen molar-refractivity contribution in [1.82, 2.24) is 14.8 Å². The number of carbonyl (C=O) groups is 2. The summed E-state index contributed by atoms with van der Waals surface area (Å²) in [5.74, 6) is 0.248. The van der Waals surface area contributed by atoms with Crippen LogP contribution < -0.4 is 10.1 Å². The van der Waals surface area contributed by atoms with Crippen molar-refractivity contribution in [2.45, 2.75) is 24.6 Å². The molecule has 0 fully saturated rings. The van der Waals surface area contributed by atoms with E-state index in [1.165, 1.54) is 17.8 Å². The molecule has 0 aliphatic carbocycles. The third-order valence-corrected chi connectivity index (χ3v) is 6.49. The zero-order valence-corrected chi connectivity index (χ0v) is 19.4. The molecule has 1 amide bonds. The molecular weight excluding hydrogens is 467 g/mol. The van der Waals surface area contributed by atoms with Crippen LogP contribution >= 0.6 is 11.8 Å². The fourth-order valence-corrected chi connectivity index (χ4v) is 4.66. The van der Waals surface area contributed by atoms with Gasteiger partial charge in [0, 0.05) is 23.4 Å². The predicted octanol–water partition coefficient (Wildman–Crippen LogP) is 4.85. The maximum Gasteiger partial charge on any atom is 0.224 e. The first kappa shape index (κ1) is 22.8. The first-order valence-electron chi connectivity index (χ1n) is 11.0. The number of rotatable bonds is 8. The van der Waals surface area contributed by atoms with Gasteiger partial charge in [0.05, 0.1) is 5.75 Å². The van der Waals surface area contributed by atoms with Gasteiger partial charge in [-0.25, -0.2) is 4.39 Å². The first-order chi connectivity index (χ1) is 17.1. The topological polar surface area (TPSA) is 86.1 Å². The lowest BCUT2D eigenvalue weighted by molar-refractivity contribution is -0.116.